The van der Waals surface area contributed by atoms with Crippen molar-refractivity contribution in [2.45, 2.75) is 32.8 Å². The van der Waals surface area contributed by atoms with E-state index in [4.69, 9.17) is 4.74 Å². The van der Waals surface area contributed by atoms with Gasteiger partial charge in [0.2, 0.25) is 5.95 Å². The molecule has 0 bridgehead atoms. The molecular formula is C21H20F3N3O2. The van der Waals surface area contributed by atoms with Crippen LogP contribution in [0.3, 0.4) is 0 Å². The summed E-state index contributed by atoms with van der Waals surface area (Å²) < 4.78 is 47.9. The Kier molecular flexibility index (Phi) is 5.63. The van der Waals surface area contributed by atoms with E-state index in [-0.39, 0.29) is 11.3 Å². The Bertz CT molecular complexity index is 995. The van der Waals surface area contributed by atoms with Crippen LogP contribution in [0.4, 0.5) is 23.7 Å². The molecule has 5 nitrogen and oxygen atoms in total. The minimum absolute atomic E-state index is 0.237. The van der Waals surface area contributed by atoms with Crippen LogP contribution in [0.2, 0.25) is 0 Å². The predicted molar refractivity (Wildman–Crippen MR) is 104 cm³/mol. The average Bonchev–Trinajstić information content (AvgIpc) is 2.99. The van der Waals surface area contributed by atoms with Crippen LogP contribution in [0.1, 0.15) is 32.9 Å². The predicted octanol–water partition coefficient (Wildman–Crippen LogP) is 5.96. The van der Waals surface area contributed by atoms with Gasteiger partial charge >= 0.3 is 6.09 Å². The SMILES string of the molecule is CC(C)(C)OC(=O)Nc1ccc(-n2nc(C(F)F)c(-c3ccccc3)c2F)cc1. The largest absolute Gasteiger partial charge is 0.444 e. The molecule has 3 aromatic rings. The zero-order valence-electron chi connectivity index (χ0n) is 16.1. The summed E-state index contributed by atoms with van der Waals surface area (Å²) in [5.41, 5.74) is -0.563. The van der Waals surface area contributed by atoms with Gasteiger partial charge in [-0.15, -0.1) is 0 Å². The van der Waals surface area contributed by atoms with E-state index in [1.54, 1.807) is 51.1 Å². The van der Waals surface area contributed by atoms with Gasteiger partial charge in [-0.05, 0) is 50.6 Å². The molecule has 1 aromatic heterocycles. The monoisotopic (exact) mass is 403 g/mol. The Morgan fingerprint density at radius 3 is 2.24 bits per heavy atom. The first-order chi connectivity index (χ1) is 13.7. The number of carbonyl (C=O) groups is 1. The maximum atomic E-state index is 15.0. The van der Waals surface area contributed by atoms with Crippen molar-refractivity contribution in [3.63, 3.8) is 0 Å². The van der Waals surface area contributed by atoms with Crippen LogP contribution in [0.5, 0.6) is 0 Å². The van der Waals surface area contributed by atoms with Crippen molar-refractivity contribution in [2.24, 2.45) is 0 Å². The zero-order chi connectivity index (χ0) is 21.2. The summed E-state index contributed by atoms with van der Waals surface area (Å²) >= 11 is 0. The number of hydrogen-bond acceptors (Lipinski definition) is 3. The third-order valence-electron chi connectivity index (χ3n) is 3.88. The van der Waals surface area contributed by atoms with Crippen LogP contribution in [0.25, 0.3) is 16.8 Å². The molecular weight excluding hydrogens is 383 g/mol. The van der Waals surface area contributed by atoms with Gasteiger partial charge in [-0.3, -0.25) is 5.32 Å². The molecule has 0 saturated carbocycles. The number of hydrogen-bond donors (Lipinski definition) is 1. The van der Waals surface area contributed by atoms with E-state index in [0.717, 1.165) is 4.68 Å². The lowest BCUT2D eigenvalue weighted by Crippen LogP contribution is -2.27. The minimum atomic E-state index is -2.94. The van der Waals surface area contributed by atoms with Crippen LogP contribution in [0, 0.1) is 5.95 Å². The van der Waals surface area contributed by atoms with Crippen LogP contribution in [0.15, 0.2) is 54.6 Å². The number of alkyl halides is 2. The molecule has 0 atom stereocenters. The van der Waals surface area contributed by atoms with E-state index in [0.29, 0.717) is 11.3 Å². The third kappa shape index (κ3) is 4.77. The number of rotatable bonds is 4. The number of aromatic nitrogens is 2. The molecule has 0 aliphatic rings. The number of nitrogens with one attached hydrogen (secondary N) is 1. The first-order valence-electron chi connectivity index (χ1n) is 8.88. The third-order valence-corrected chi connectivity index (χ3v) is 3.88. The molecule has 0 spiro atoms. The Balaban J connectivity index is 1.90. The number of benzene rings is 2. The van der Waals surface area contributed by atoms with Gasteiger partial charge in [-0.25, -0.2) is 18.3 Å². The first-order valence-corrected chi connectivity index (χ1v) is 8.88. The molecule has 2 aromatic carbocycles. The lowest BCUT2D eigenvalue weighted by molar-refractivity contribution is 0.0636. The molecule has 0 aliphatic carbocycles. The fourth-order valence-corrected chi connectivity index (χ4v) is 2.72. The van der Waals surface area contributed by atoms with Crippen LogP contribution in [-0.2, 0) is 4.74 Å². The van der Waals surface area contributed by atoms with Gasteiger partial charge < -0.3 is 4.74 Å². The topological polar surface area (TPSA) is 56.1 Å². The molecule has 0 radical (unpaired) electrons. The molecule has 29 heavy (non-hydrogen) atoms. The molecule has 152 valence electrons. The average molecular weight is 403 g/mol. The summed E-state index contributed by atoms with van der Waals surface area (Å²) in [6.07, 6.45) is -3.57. The van der Waals surface area contributed by atoms with E-state index in [1.807, 2.05) is 0 Å². The van der Waals surface area contributed by atoms with Crippen molar-refractivity contribution < 1.29 is 22.7 Å². The van der Waals surface area contributed by atoms with Crippen LogP contribution < -0.4 is 5.32 Å². The van der Waals surface area contributed by atoms with Gasteiger partial charge in [0, 0.05) is 5.69 Å². The number of amides is 1. The Morgan fingerprint density at radius 2 is 1.69 bits per heavy atom. The van der Waals surface area contributed by atoms with Gasteiger partial charge in [-0.1, -0.05) is 30.3 Å². The zero-order valence-corrected chi connectivity index (χ0v) is 16.1. The quantitative estimate of drug-likeness (QED) is 0.584. The standard InChI is InChI=1S/C21H20F3N3O2/c1-21(2,3)29-20(28)25-14-9-11-15(12-10-14)27-19(24)16(17(26-27)18(22)23)13-7-5-4-6-8-13/h4-12,18H,1-3H3,(H,25,28). The second kappa shape index (κ2) is 7.98. The number of halogens is 3. The summed E-state index contributed by atoms with van der Waals surface area (Å²) in [7, 11) is 0. The number of ether oxygens (including phenoxy) is 1. The molecule has 0 unspecified atom stereocenters. The molecule has 1 heterocycles. The van der Waals surface area contributed by atoms with E-state index in [2.05, 4.69) is 10.4 Å². The summed E-state index contributed by atoms with van der Waals surface area (Å²) in [6, 6.07) is 14.0. The van der Waals surface area contributed by atoms with Crippen LogP contribution >= 0.6 is 0 Å². The van der Waals surface area contributed by atoms with Crippen molar-refractivity contribution in [3.05, 3.63) is 66.2 Å². The van der Waals surface area contributed by atoms with Crippen LogP contribution in [-0.4, -0.2) is 21.5 Å². The van der Waals surface area contributed by atoms with E-state index in [9.17, 15) is 18.0 Å². The van der Waals surface area contributed by atoms with Crippen molar-refractivity contribution in [1.29, 1.82) is 0 Å². The Hall–Kier alpha value is -3.29. The minimum Gasteiger partial charge on any atom is -0.444 e. The molecule has 3 rings (SSSR count). The molecule has 1 N–H and O–H groups in total. The van der Waals surface area contributed by atoms with Gasteiger partial charge in [0.25, 0.3) is 6.43 Å². The highest BCUT2D eigenvalue weighted by atomic mass is 19.3. The fraction of sp³-hybridized carbons (Fsp3) is 0.238. The normalized spacial score (nSPS) is 11.6. The van der Waals surface area contributed by atoms with Gasteiger partial charge in [-0.2, -0.15) is 9.49 Å². The van der Waals surface area contributed by atoms with Gasteiger partial charge in [0.05, 0.1) is 11.3 Å². The Morgan fingerprint density at radius 1 is 1.07 bits per heavy atom. The highest BCUT2D eigenvalue weighted by Gasteiger charge is 2.26. The smallest absolute Gasteiger partial charge is 0.412 e. The molecule has 8 heteroatoms. The van der Waals surface area contributed by atoms with Crippen molar-refractivity contribution >= 4 is 11.8 Å². The lowest BCUT2D eigenvalue weighted by Gasteiger charge is -2.19. The first kappa shape index (κ1) is 20.4. The lowest BCUT2D eigenvalue weighted by atomic mass is 10.1. The van der Waals surface area contributed by atoms with E-state index >= 15 is 0 Å². The van der Waals surface area contributed by atoms with Crippen molar-refractivity contribution in [2.75, 3.05) is 5.32 Å². The molecule has 0 aliphatic heterocycles. The van der Waals surface area contributed by atoms with Gasteiger partial charge in [0.15, 0.2) is 0 Å². The second-order valence-corrected chi connectivity index (χ2v) is 7.30. The maximum Gasteiger partial charge on any atom is 0.412 e. The highest BCUT2D eigenvalue weighted by molar-refractivity contribution is 5.85. The molecule has 1 amide bonds. The number of anilines is 1. The number of nitrogens with zero attached hydrogens (tertiary/aromatic N) is 2. The molecule has 0 saturated heterocycles. The van der Waals surface area contributed by atoms with Crippen molar-refractivity contribution in [1.82, 2.24) is 9.78 Å². The summed E-state index contributed by atoms with van der Waals surface area (Å²) in [5.74, 6) is -0.889. The summed E-state index contributed by atoms with van der Waals surface area (Å²) in [4.78, 5) is 11.8. The summed E-state index contributed by atoms with van der Waals surface area (Å²) in [5, 5.41) is 6.32. The maximum absolute atomic E-state index is 15.0. The van der Waals surface area contributed by atoms with E-state index < -0.39 is 29.8 Å². The van der Waals surface area contributed by atoms with E-state index in [1.165, 1.54) is 24.3 Å². The summed E-state index contributed by atoms with van der Waals surface area (Å²) in [6.45, 7) is 5.21. The molecule has 0 fully saturated rings. The fourth-order valence-electron chi connectivity index (χ4n) is 2.72. The number of carbonyl (C=O) groups excluding carboxylic acids is 1. The van der Waals surface area contributed by atoms with Crippen molar-refractivity contribution in [3.8, 4) is 16.8 Å². The highest BCUT2D eigenvalue weighted by Crippen LogP contribution is 2.34. The van der Waals surface area contributed by atoms with Gasteiger partial charge in [0.1, 0.15) is 11.3 Å². The second-order valence-electron chi connectivity index (χ2n) is 7.30. The Labute approximate surface area is 166 Å².